The molecule has 100 valence electrons. The number of aromatic nitrogens is 1. The molecule has 0 spiro atoms. The maximum absolute atomic E-state index is 12.0. The average molecular weight is 252 g/mol. The number of carbonyl (C=O) groups is 2. The van der Waals surface area contributed by atoms with Crippen LogP contribution in [0.1, 0.15) is 44.2 Å². The quantitative estimate of drug-likeness (QED) is 0.840. The van der Waals surface area contributed by atoms with Gasteiger partial charge in [0, 0.05) is 18.8 Å². The van der Waals surface area contributed by atoms with Gasteiger partial charge in [-0.15, -0.1) is 0 Å². The Labute approximate surface area is 107 Å². The summed E-state index contributed by atoms with van der Waals surface area (Å²) in [4.78, 5) is 22.9. The normalized spacial score (nSPS) is 11.6. The van der Waals surface area contributed by atoms with Crippen molar-refractivity contribution in [1.29, 1.82) is 0 Å². The van der Waals surface area contributed by atoms with Crippen LogP contribution in [0.3, 0.4) is 0 Å². The maximum atomic E-state index is 12.0. The van der Waals surface area contributed by atoms with Gasteiger partial charge in [-0.1, -0.05) is 0 Å². The molecule has 1 aromatic rings. The van der Waals surface area contributed by atoms with Crippen molar-refractivity contribution in [2.45, 2.75) is 33.7 Å². The molecule has 1 heterocycles. The third kappa shape index (κ3) is 3.12. The molecule has 2 N–H and O–H groups in total. The Hall–Kier alpha value is -1.78. The SMILES string of the molecule is CC(C)n1cccc1C(=O)NCC(C)(C)C(=O)O. The molecular formula is C13H20N2O3. The van der Waals surface area contributed by atoms with Crippen LogP contribution in [0, 0.1) is 5.41 Å². The molecule has 0 aliphatic heterocycles. The molecule has 0 bridgehead atoms. The van der Waals surface area contributed by atoms with Gasteiger partial charge < -0.3 is 15.0 Å². The molecule has 0 unspecified atom stereocenters. The van der Waals surface area contributed by atoms with Gasteiger partial charge in [-0.25, -0.2) is 0 Å². The number of hydrogen-bond donors (Lipinski definition) is 2. The van der Waals surface area contributed by atoms with Gasteiger partial charge in [0.1, 0.15) is 5.69 Å². The zero-order valence-electron chi connectivity index (χ0n) is 11.2. The standard InChI is InChI=1S/C13H20N2O3/c1-9(2)15-7-5-6-10(15)11(16)14-8-13(3,4)12(17)18/h5-7,9H,8H2,1-4H3,(H,14,16)(H,17,18). The van der Waals surface area contributed by atoms with Crippen LogP contribution in [0.2, 0.25) is 0 Å². The molecule has 0 radical (unpaired) electrons. The van der Waals surface area contributed by atoms with Gasteiger partial charge in [0.2, 0.25) is 0 Å². The summed E-state index contributed by atoms with van der Waals surface area (Å²) in [6, 6.07) is 3.72. The average Bonchev–Trinajstić information content (AvgIpc) is 2.74. The highest BCUT2D eigenvalue weighted by Gasteiger charge is 2.28. The van der Waals surface area contributed by atoms with E-state index < -0.39 is 11.4 Å². The number of aliphatic carboxylic acids is 1. The molecule has 0 atom stereocenters. The lowest BCUT2D eigenvalue weighted by Crippen LogP contribution is -2.39. The second-order valence-electron chi connectivity index (χ2n) is 5.27. The highest BCUT2D eigenvalue weighted by Crippen LogP contribution is 2.15. The monoisotopic (exact) mass is 252 g/mol. The van der Waals surface area contributed by atoms with Crippen molar-refractivity contribution in [2.75, 3.05) is 6.54 Å². The van der Waals surface area contributed by atoms with E-state index in [2.05, 4.69) is 5.32 Å². The summed E-state index contributed by atoms with van der Waals surface area (Å²) in [6.07, 6.45) is 1.84. The van der Waals surface area contributed by atoms with Crippen molar-refractivity contribution in [2.24, 2.45) is 5.41 Å². The Morgan fingerprint density at radius 1 is 1.44 bits per heavy atom. The van der Waals surface area contributed by atoms with Gasteiger partial charge in [0.15, 0.2) is 0 Å². The Kier molecular flexibility index (Phi) is 4.16. The number of nitrogens with zero attached hydrogens (tertiary/aromatic N) is 1. The molecular weight excluding hydrogens is 232 g/mol. The largest absolute Gasteiger partial charge is 0.481 e. The van der Waals surface area contributed by atoms with Gasteiger partial charge in [-0.3, -0.25) is 9.59 Å². The minimum Gasteiger partial charge on any atom is -0.481 e. The molecule has 0 aliphatic carbocycles. The third-order valence-corrected chi connectivity index (χ3v) is 2.84. The van der Waals surface area contributed by atoms with E-state index in [0.29, 0.717) is 5.69 Å². The van der Waals surface area contributed by atoms with Crippen molar-refractivity contribution in [3.05, 3.63) is 24.0 Å². The van der Waals surface area contributed by atoms with Gasteiger partial charge in [-0.05, 0) is 39.8 Å². The topological polar surface area (TPSA) is 71.3 Å². The van der Waals surface area contributed by atoms with E-state index in [1.165, 1.54) is 0 Å². The van der Waals surface area contributed by atoms with Gasteiger partial charge in [0.25, 0.3) is 5.91 Å². The molecule has 1 amide bonds. The third-order valence-electron chi connectivity index (χ3n) is 2.84. The number of carboxylic acids is 1. The number of amides is 1. The van der Waals surface area contributed by atoms with Crippen LogP contribution in [0.5, 0.6) is 0 Å². The van der Waals surface area contributed by atoms with Crippen LogP contribution in [0.15, 0.2) is 18.3 Å². The molecule has 1 aromatic heterocycles. The summed E-state index contributed by atoms with van der Waals surface area (Å²) in [6.45, 7) is 7.23. The number of carbonyl (C=O) groups excluding carboxylic acids is 1. The van der Waals surface area contributed by atoms with Crippen LogP contribution in [-0.2, 0) is 4.79 Å². The van der Waals surface area contributed by atoms with E-state index in [4.69, 9.17) is 5.11 Å². The minimum atomic E-state index is -0.967. The van der Waals surface area contributed by atoms with Crippen LogP contribution in [0.25, 0.3) is 0 Å². The van der Waals surface area contributed by atoms with E-state index in [1.807, 2.05) is 24.6 Å². The van der Waals surface area contributed by atoms with Crippen molar-refractivity contribution in [1.82, 2.24) is 9.88 Å². The molecule has 0 fully saturated rings. The molecule has 0 saturated carbocycles. The molecule has 0 aromatic carbocycles. The summed E-state index contributed by atoms with van der Waals surface area (Å²) >= 11 is 0. The summed E-state index contributed by atoms with van der Waals surface area (Å²) in [7, 11) is 0. The summed E-state index contributed by atoms with van der Waals surface area (Å²) < 4.78 is 1.85. The van der Waals surface area contributed by atoms with Gasteiger partial charge in [-0.2, -0.15) is 0 Å². The van der Waals surface area contributed by atoms with Crippen LogP contribution in [0.4, 0.5) is 0 Å². The van der Waals surface area contributed by atoms with Crippen molar-refractivity contribution in [3.8, 4) is 0 Å². The zero-order chi connectivity index (χ0) is 13.9. The highest BCUT2D eigenvalue weighted by atomic mass is 16.4. The lowest BCUT2D eigenvalue weighted by molar-refractivity contribution is -0.146. The summed E-state index contributed by atoms with van der Waals surface area (Å²) in [5.41, 5.74) is -0.420. The van der Waals surface area contributed by atoms with E-state index in [-0.39, 0.29) is 18.5 Å². The van der Waals surface area contributed by atoms with Crippen molar-refractivity contribution < 1.29 is 14.7 Å². The fraction of sp³-hybridized carbons (Fsp3) is 0.538. The first-order valence-electron chi connectivity index (χ1n) is 5.94. The maximum Gasteiger partial charge on any atom is 0.310 e. The Balaban J connectivity index is 2.72. The lowest BCUT2D eigenvalue weighted by atomic mass is 9.94. The Morgan fingerprint density at radius 2 is 2.06 bits per heavy atom. The zero-order valence-corrected chi connectivity index (χ0v) is 11.2. The number of rotatable bonds is 5. The number of nitrogens with one attached hydrogen (secondary N) is 1. The van der Waals surface area contributed by atoms with E-state index in [1.54, 1.807) is 26.0 Å². The first kappa shape index (κ1) is 14.3. The number of carboxylic acid groups (broad SMARTS) is 1. The predicted molar refractivity (Wildman–Crippen MR) is 68.6 cm³/mol. The van der Waals surface area contributed by atoms with Crippen molar-refractivity contribution >= 4 is 11.9 Å². The lowest BCUT2D eigenvalue weighted by Gasteiger charge is -2.20. The van der Waals surface area contributed by atoms with Crippen LogP contribution >= 0.6 is 0 Å². The fourth-order valence-electron chi connectivity index (χ4n) is 1.50. The van der Waals surface area contributed by atoms with E-state index in [0.717, 1.165) is 0 Å². The Bertz CT molecular complexity index is 447. The first-order chi connectivity index (χ1) is 8.25. The molecule has 1 rings (SSSR count). The first-order valence-corrected chi connectivity index (χ1v) is 5.94. The smallest absolute Gasteiger partial charge is 0.310 e. The molecule has 0 aliphatic rings. The summed E-state index contributed by atoms with van der Waals surface area (Å²) in [5.74, 6) is -1.18. The van der Waals surface area contributed by atoms with Crippen LogP contribution in [-0.4, -0.2) is 28.1 Å². The second-order valence-corrected chi connectivity index (χ2v) is 5.27. The van der Waals surface area contributed by atoms with Gasteiger partial charge >= 0.3 is 5.97 Å². The molecule has 0 saturated heterocycles. The minimum absolute atomic E-state index is 0.102. The van der Waals surface area contributed by atoms with E-state index in [9.17, 15) is 9.59 Å². The molecule has 18 heavy (non-hydrogen) atoms. The van der Waals surface area contributed by atoms with Gasteiger partial charge in [0.05, 0.1) is 5.41 Å². The van der Waals surface area contributed by atoms with E-state index >= 15 is 0 Å². The second kappa shape index (κ2) is 5.25. The summed E-state index contributed by atoms with van der Waals surface area (Å²) in [5, 5.41) is 11.6. The molecule has 5 nitrogen and oxygen atoms in total. The predicted octanol–water partition coefficient (Wildman–Crippen LogP) is 1.91. The van der Waals surface area contributed by atoms with Crippen LogP contribution < -0.4 is 5.32 Å². The molecule has 5 heteroatoms. The number of hydrogen-bond acceptors (Lipinski definition) is 2. The Morgan fingerprint density at radius 3 is 2.56 bits per heavy atom. The fourth-order valence-corrected chi connectivity index (χ4v) is 1.50. The highest BCUT2D eigenvalue weighted by molar-refractivity contribution is 5.93. The van der Waals surface area contributed by atoms with Crippen molar-refractivity contribution in [3.63, 3.8) is 0 Å².